The molecule has 1 aliphatic rings. The predicted octanol–water partition coefficient (Wildman–Crippen LogP) is 4.13. The van der Waals surface area contributed by atoms with E-state index in [-0.39, 0.29) is 18.0 Å². The van der Waals surface area contributed by atoms with Gasteiger partial charge in [-0.15, -0.1) is 0 Å². The Morgan fingerprint density at radius 3 is 2.48 bits per heavy atom. The Balaban J connectivity index is 1.88. The Morgan fingerprint density at radius 2 is 1.74 bits per heavy atom. The molecule has 0 amide bonds. The molecule has 5 atom stereocenters. The van der Waals surface area contributed by atoms with E-state index in [1.807, 2.05) is 19.1 Å². The second kappa shape index (κ2) is 6.00. The Bertz CT molecular complexity index is 764. The lowest BCUT2D eigenvalue weighted by molar-refractivity contribution is -0.205. The summed E-state index contributed by atoms with van der Waals surface area (Å²) in [7, 11) is 0. The average molecular weight is 316 g/mol. The molecule has 2 aromatic rings. The second-order valence-electron chi connectivity index (χ2n) is 6.81. The third-order valence-electron chi connectivity index (χ3n) is 5.35. The number of rotatable bonds is 2. The lowest BCUT2D eigenvalue weighted by Gasteiger charge is -2.42. The zero-order valence-electron chi connectivity index (χ0n) is 14.3. The van der Waals surface area contributed by atoms with Crippen molar-refractivity contribution in [3.05, 3.63) is 40.2 Å². The summed E-state index contributed by atoms with van der Waals surface area (Å²) in [6.07, 6.45) is -0.128. The fourth-order valence-corrected chi connectivity index (χ4v) is 3.26. The molecule has 1 fully saturated rings. The highest BCUT2D eigenvalue weighted by atomic mass is 16.7. The van der Waals surface area contributed by atoms with Crippen molar-refractivity contribution in [3.8, 4) is 5.75 Å². The first-order chi connectivity index (χ1) is 10.9. The van der Waals surface area contributed by atoms with E-state index in [2.05, 4.69) is 27.7 Å². The molecule has 3 rings (SSSR count). The van der Waals surface area contributed by atoms with Crippen LogP contribution in [0.15, 0.2) is 33.5 Å². The summed E-state index contributed by atoms with van der Waals surface area (Å²) in [6.45, 7) is 10.6. The van der Waals surface area contributed by atoms with E-state index in [0.717, 1.165) is 10.9 Å². The van der Waals surface area contributed by atoms with Gasteiger partial charge in [0.1, 0.15) is 11.3 Å². The first-order valence-corrected chi connectivity index (χ1v) is 8.23. The topological polar surface area (TPSA) is 48.7 Å². The van der Waals surface area contributed by atoms with Gasteiger partial charge in [-0.1, -0.05) is 20.8 Å². The van der Waals surface area contributed by atoms with Gasteiger partial charge in [0.2, 0.25) is 6.29 Å². The fraction of sp³-hybridized carbons (Fsp3) is 0.526. The van der Waals surface area contributed by atoms with Crippen molar-refractivity contribution in [2.24, 2.45) is 17.8 Å². The van der Waals surface area contributed by atoms with Crippen LogP contribution in [0.4, 0.5) is 0 Å². The van der Waals surface area contributed by atoms with Crippen molar-refractivity contribution in [2.45, 2.75) is 47.0 Å². The molecule has 1 aromatic carbocycles. The Hall–Kier alpha value is -1.81. The minimum atomic E-state index is -0.342. The van der Waals surface area contributed by atoms with Crippen LogP contribution in [0.25, 0.3) is 11.0 Å². The van der Waals surface area contributed by atoms with Crippen molar-refractivity contribution in [2.75, 3.05) is 0 Å². The summed E-state index contributed by atoms with van der Waals surface area (Å²) in [5.41, 5.74) is 1.11. The summed E-state index contributed by atoms with van der Waals surface area (Å²) >= 11 is 0. The van der Waals surface area contributed by atoms with Crippen LogP contribution in [-0.4, -0.2) is 12.4 Å². The van der Waals surface area contributed by atoms with Crippen LogP contribution in [0, 0.1) is 24.7 Å². The van der Waals surface area contributed by atoms with Gasteiger partial charge in [0.25, 0.3) is 0 Å². The first-order valence-electron chi connectivity index (χ1n) is 8.23. The molecule has 4 heteroatoms. The zero-order chi connectivity index (χ0) is 16.7. The molecule has 0 spiro atoms. The maximum absolute atomic E-state index is 11.5. The number of fused-ring (bicyclic) bond motifs is 1. The van der Waals surface area contributed by atoms with Crippen LogP contribution in [0.3, 0.4) is 0 Å². The maximum atomic E-state index is 11.5. The fourth-order valence-electron chi connectivity index (χ4n) is 3.26. The predicted molar refractivity (Wildman–Crippen MR) is 89.7 cm³/mol. The minimum absolute atomic E-state index is 0.159. The molecule has 0 bridgehead atoms. The van der Waals surface area contributed by atoms with Crippen LogP contribution < -0.4 is 10.4 Å². The molecule has 124 valence electrons. The second-order valence-corrected chi connectivity index (χ2v) is 6.81. The van der Waals surface area contributed by atoms with E-state index in [1.54, 1.807) is 6.07 Å². The summed E-state index contributed by atoms with van der Waals surface area (Å²) in [5.74, 6) is 1.98. The van der Waals surface area contributed by atoms with Gasteiger partial charge in [0.05, 0.1) is 6.10 Å². The third-order valence-corrected chi connectivity index (χ3v) is 5.35. The van der Waals surface area contributed by atoms with Crippen molar-refractivity contribution < 1.29 is 13.9 Å². The standard InChI is InChI=1S/C19H24O4/c1-10-8-18(20)23-17-9-15(6-7-16(10)17)22-19-13(4)11(2)12(3)14(5)21-19/h6-9,11-14,19H,1-5H3. The molecule has 5 unspecified atom stereocenters. The van der Waals surface area contributed by atoms with Gasteiger partial charge in [-0.25, -0.2) is 4.79 Å². The van der Waals surface area contributed by atoms with Gasteiger partial charge in [-0.2, -0.15) is 0 Å². The highest BCUT2D eigenvalue weighted by Crippen LogP contribution is 2.36. The Morgan fingerprint density at radius 1 is 1.00 bits per heavy atom. The lowest BCUT2D eigenvalue weighted by atomic mass is 9.79. The number of benzene rings is 1. The number of hydrogen-bond acceptors (Lipinski definition) is 4. The zero-order valence-corrected chi connectivity index (χ0v) is 14.3. The van der Waals surface area contributed by atoms with Gasteiger partial charge in [-0.3, -0.25) is 0 Å². The highest BCUT2D eigenvalue weighted by molar-refractivity contribution is 5.81. The molecule has 1 saturated heterocycles. The van der Waals surface area contributed by atoms with Crippen molar-refractivity contribution in [3.63, 3.8) is 0 Å². The summed E-state index contributed by atoms with van der Waals surface area (Å²) in [4.78, 5) is 11.5. The molecule has 2 heterocycles. The average Bonchev–Trinajstić information content (AvgIpc) is 2.50. The van der Waals surface area contributed by atoms with Crippen molar-refractivity contribution in [1.29, 1.82) is 0 Å². The molecule has 0 aliphatic carbocycles. The van der Waals surface area contributed by atoms with Crippen LogP contribution in [0.5, 0.6) is 5.75 Å². The highest BCUT2D eigenvalue weighted by Gasteiger charge is 2.38. The maximum Gasteiger partial charge on any atom is 0.336 e. The van der Waals surface area contributed by atoms with E-state index in [9.17, 15) is 4.79 Å². The largest absolute Gasteiger partial charge is 0.465 e. The van der Waals surface area contributed by atoms with Crippen LogP contribution in [0.2, 0.25) is 0 Å². The molecule has 0 radical (unpaired) electrons. The Kier molecular flexibility index (Phi) is 4.19. The first kappa shape index (κ1) is 16.1. The van der Waals surface area contributed by atoms with Crippen LogP contribution in [0.1, 0.15) is 33.3 Å². The number of hydrogen-bond donors (Lipinski definition) is 0. The lowest BCUT2D eigenvalue weighted by Crippen LogP contribution is -2.46. The van der Waals surface area contributed by atoms with Crippen molar-refractivity contribution >= 4 is 11.0 Å². The summed E-state index contributed by atoms with van der Waals surface area (Å²) in [6, 6.07) is 7.10. The molecular weight excluding hydrogens is 292 g/mol. The Labute approximate surface area is 136 Å². The van der Waals surface area contributed by atoms with Gasteiger partial charge < -0.3 is 13.9 Å². The quantitative estimate of drug-likeness (QED) is 0.782. The van der Waals surface area contributed by atoms with E-state index in [1.165, 1.54) is 6.07 Å². The van der Waals surface area contributed by atoms with E-state index in [0.29, 0.717) is 29.1 Å². The molecule has 23 heavy (non-hydrogen) atoms. The number of ether oxygens (including phenoxy) is 2. The normalized spacial score (nSPS) is 31.3. The summed E-state index contributed by atoms with van der Waals surface area (Å²) in [5, 5.41) is 0.921. The van der Waals surface area contributed by atoms with Gasteiger partial charge >= 0.3 is 5.63 Å². The number of aryl methyl sites for hydroxylation is 1. The van der Waals surface area contributed by atoms with E-state index < -0.39 is 0 Å². The van der Waals surface area contributed by atoms with Gasteiger partial charge in [0, 0.05) is 23.4 Å². The molecular formula is C19H24O4. The SMILES string of the molecule is Cc1cc(=O)oc2cc(OC3OC(C)C(C)C(C)C3C)ccc12. The molecule has 0 saturated carbocycles. The minimum Gasteiger partial charge on any atom is -0.465 e. The van der Waals surface area contributed by atoms with Crippen LogP contribution in [-0.2, 0) is 4.74 Å². The molecule has 0 N–H and O–H groups in total. The summed E-state index contributed by atoms with van der Waals surface area (Å²) < 4.78 is 17.4. The van der Waals surface area contributed by atoms with Gasteiger partial charge in [-0.05, 0) is 43.4 Å². The smallest absolute Gasteiger partial charge is 0.336 e. The van der Waals surface area contributed by atoms with E-state index in [4.69, 9.17) is 13.9 Å². The van der Waals surface area contributed by atoms with Crippen LogP contribution >= 0.6 is 0 Å². The molecule has 1 aliphatic heterocycles. The van der Waals surface area contributed by atoms with Gasteiger partial charge in [0.15, 0.2) is 0 Å². The van der Waals surface area contributed by atoms with E-state index >= 15 is 0 Å². The molecule has 4 nitrogen and oxygen atoms in total. The monoisotopic (exact) mass is 316 g/mol. The molecule has 1 aromatic heterocycles. The van der Waals surface area contributed by atoms with Crippen molar-refractivity contribution in [1.82, 2.24) is 0 Å². The third kappa shape index (κ3) is 3.00.